The number of hydrogen-bond donors (Lipinski definition) is 0. The summed E-state index contributed by atoms with van der Waals surface area (Å²) >= 11 is 1.21. The third-order valence-corrected chi connectivity index (χ3v) is 4.77. The highest BCUT2D eigenvalue weighted by molar-refractivity contribution is 7.16. The molecule has 0 spiro atoms. The van der Waals surface area contributed by atoms with E-state index in [1.54, 1.807) is 22.8 Å². The first-order valence-electron chi connectivity index (χ1n) is 7.46. The van der Waals surface area contributed by atoms with E-state index >= 15 is 0 Å². The van der Waals surface area contributed by atoms with Crippen LogP contribution in [0.15, 0.2) is 57.9 Å². The zero-order valence-corrected chi connectivity index (χ0v) is 13.7. The highest BCUT2D eigenvalue weighted by Gasteiger charge is 2.13. The van der Waals surface area contributed by atoms with Gasteiger partial charge in [-0.05, 0) is 30.3 Å². The molecule has 25 heavy (non-hydrogen) atoms. The third kappa shape index (κ3) is 2.75. The molecule has 122 valence electrons. The van der Waals surface area contributed by atoms with Gasteiger partial charge in [0.25, 0.3) is 0 Å². The Morgan fingerprint density at radius 3 is 2.92 bits per heavy atom. The summed E-state index contributed by atoms with van der Waals surface area (Å²) in [7, 11) is 0. The molecule has 0 N–H and O–H groups in total. The lowest BCUT2D eigenvalue weighted by molar-refractivity contribution is 0.0973. The van der Waals surface area contributed by atoms with E-state index in [0.717, 1.165) is 10.9 Å². The number of rotatable bonds is 2. The third-order valence-electron chi connectivity index (χ3n) is 3.73. The molecule has 2 aromatic carbocycles. The average molecular weight is 350 g/mol. The van der Waals surface area contributed by atoms with Gasteiger partial charge in [0.05, 0.1) is 16.8 Å². The van der Waals surface area contributed by atoms with Crippen molar-refractivity contribution in [2.45, 2.75) is 6.54 Å². The van der Waals surface area contributed by atoms with Crippen LogP contribution in [0.3, 0.4) is 0 Å². The van der Waals surface area contributed by atoms with Crippen LogP contribution >= 0.6 is 11.3 Å². The molecule has 0 saturated carbocycles. The molecule has 0 aliphatic carbocycles. The van der Waals surface area contributed by atoms with Gasteiger partial charge in [0, 0.05) is 5.39 Å². The molecule has 4 aromatic rings. The Labute approximate surface area is 145 Å². The molecule has 4 nitrogen and oxygen atoms in total. The van der Waals surface area contributed by atoms with E-state index in [-0.39, 0.29) is 18.1 Å². The van der Waals surface area contributed by atoms with Crippen LogP contribution in [-0.2, 0) is 6.54 Å². The molecule has 0 atom stereocenters. The van der Waals surface area contributed by atoms with Gasteiger partial charge >= 0.3 is 5.91 Å². The van der Waals surface area contributed by atoms with E-state index in [0.29, 0.717) is 15.1 Å². The minimum Gasteiger partial charge on any atom is -0.451 e. The second-order valence-electron chi connectivity index (χ2n) is 5.35. The van der Waals surface area contributed by atoms with E-state index in [9.17, 15) is 9.18 Å². The van der Waals surface area contributed by atoms with Gasteiger partial charge in [0.15, 0.2) is 10.6 Å². The van der Waals surface area contributed by atoms with Crippen LogP contribution in [0.5, 0.6) is 0 Å². The molecule has 0 aliphatic rings. The van der Waals surface area contributed by atoms with Crippen LogP contribution in [-0.4, -0.2) is 10.5 Å². The number of aromatic nitrogens is 1. The number of thiazole rings is 1. The van der Waals surface area contributed by atoms with Gasteiger partial charge in [-0.2, -0.15) is 4.99 Å². The number of carbonyl (C=O) groups excluding carboxylic acids is 1. The van der Waals surface area contributed by atoms with Gasteiger partial charge in [0.2, 0.25) is 0 Å². The van der Waals surface area contributed by atoms with Crippen LogP contribution in [0.4, 0.5) is 4.39 Å². The Hall–Kier alpha value is -3.17. The summed E-state index contributed by atoms with van der Waals surface area (Å²) in [5, 5.41) is 0.830. The lowest BCUT2D eigenvalue weighted by atomic mass is 10.2. The van der Waals surface area contributed by atoms with E-state index in [1.165, 1.54) is 23.5 Å². The van der Waals surface area contributed by atoms with Gasteiger partial charge in [-0.3, -0.25) is 4.79 Å². The summed E-state index contributed by atoms with van der Waals surface area (Å²) < 4.78 is 21.4. The van der Waals surface area contributed by atoms with Crippen LogP contribution < -0.4 is 4.80 Å². The summed E-state index contributed by atoms with van der Waals surface area (Å²) in [6.07, 6.45) is 5.42. The van der Waals surface area contributed by atoms with Gasteiger partial charge in [-0.1, -0.05) is 35.5 Å². The molecular weight excluding hydrogens is 339 g/mol. The highest BCUT2D eigenvalue weighted by atomic mass is 32.1. The zero-order valence-electron chi connectivity index (χ0n) is 12.9. The quantitative estimate of drug-likeness (QED) is 0.514. The predicted molar refractivity (Wildman–Crippen MR) is 94.7 cm³/mol. The van der Waals surface area contributed by atoms with Crippen LogP contribution in [0.2, 0.25) is 0 Å². The lowest BCUT2D eigenvalue weighted by Gasteiger charge is -1.99. The van der Waals surface area contributed by atoms with Crippen molar-refractivity contribution < 1.29 is 13.6 Å². The van der Waals surface area contributed by atoms with Crippen molar-refractivity contribution in [3.63, 3.8) is 0 Å². The van der Waals surface area contributed by atoms with Crippen molar-refractivity contribution >= 4 is 38.4 Å². The Morgan fingerprint density at radius 2 is 2.12 bits per heavy atom. The molecule has 4 rings (SSSR count). The van der Waals surface area contributed by atoms with Crippen LogP contribution in [0, 0.1) is 18.2 Å². The molecule has 0 radical (unpaired) electrons. The van der Waals surface area contributed by atoms with Gasteiger partial charge < -0.3 is 8.98 Å². The number of furan rings is 1. The summed E-state index contributed by atoms with van der Waals surface area (Å²) in [5.41, 5.74) is 1.36. The number of hydrogen-bond acceptors (Lipinski definition) is 3. The lowest BCUT2D eigenvalue weighted by Crippen LogP contribution is -2.16. The number of para-hydroxylation sites is 1. The first-order valence-corrected chi connectivity index (χ1v) is 8.27. The van der Waals surface area contributed by atoms with Crippen molar-refractivity contribution in [2.24, 2.45) is 4.99 Å². The monoisotopic (exact) mass is 350 g/mol. The minimum absolute atomic E-state index is 0.150. The maximum atomic E-state index is 13.5. The second kappa shape index (κ2) is 6.04. The highest BCUT2D eigenvalue weighted by Crippen LogP contribution is 2.21. The fraction of sp³-hybridized carbons (Fsp3) is 0.0526. The molecule has 0 saturated heterocycles. The van der Waals surface area contributed by atoms with E-state index in [1.807, 2.05) is 18.2 Å². The predicted octanol–water partition coefficient (Wildman–Crippen LogP) is 3.96. The Kier molecular flexibility index (Phi) is 3.71. The second-order valence-corrected chi connectivity index (χ2v) is 6.36. The molecule has 2 heterocycles. The topological polar surface area (TPSA) is 47.5 Å². The first-order chi connectivity index (χ1) is 12.2. The maximum Gasteiger partial charge on any atom is 0.315 e. The average Bonchev–Trinajstić information content (AvgIpc) is 3.17. The maximum absolute atomic E-state index is 13.5. The Morgan fingerprint density at radius 1 is 1.28 bits per heavy atom. The number of carbonyl (C=O) groups is 1. The van der Waals surface area contributed by atoms with Crippen molar-refractivity contribution in [3.8, 4) is 12.3 Å². The first kappa shape index (κ1) is 15.4. The number of terminal acetylenes is 1. The van der Waals surface area contributed by atoms with Crippen LogP contribution in [0.1, 0.15) is 10.6 Å². The number of fused-ring (bicyclic) bond motifs is 2. The molecule has 0 bridgehead atoms. The molecule has 0 unspecified atom stereocenters. The van der Waals surface area contributed by atoms with Gasteiger partial charge in [0.1, 0.15) is 11.4 Å². The summed E-state index contributed by atoms with van der Waals surface area (Å²) in [4.78, 5) is 17.0. The molecule has 0 fully saturated rings. The summed E-state index contributed by atoms with van der Waals surface area (Å²) in [6.45, 7) is 0.234. The number of benzene rings is 2. The van der Waals surface area contributed by atoms with E-state index in [4.69, 9.17) is 10.8 Å². The summed E-state index contributed by atoms with van der Waals surface area (Å²) in [5.74, 6) is 1.83. The van der Waals surface area contributed by atoms with Gasteiger partial charge in [-0.25, -0.2) is 4.39 Å². The van der Waals surface area contributed by atoms with Crippen molar-refractivity contribution in [1.82, 2.24) is 4.57 Å². The zero-order chi connectivity index (χ0) is 17.4. The Balaban J connectivity index is 1.86. The molecular formula is C19H11FN2O2S. The fourth-order valence-electron chi connectivity index (χ4n) is 2.61. The number of halogens is 1. The standard InChI is InChI=1S/C19H11FN2O2S/c1-2-9-22-14-8-7-13(20)11-17(14)25-19(22)21-18(23)16-10-12-5-3-4-6-15(12)24-16/h1,3-8,10-11H,9H2. The fourth-order valence-corrected chi connectivity index (χ4v) is 3.66. The van der Waals surface area contributed by atoms with Crippen molar-refractivity contribution in [3.05, 3.63) is 64.9 Å². The number of amides is 1. The minimum atomic E-state index is -0.506. The van der Waals surface area contributed by atoms with E-state index in [2.05, 4.69) is 10.9 Å². The SMILES string of the molecule is C#CCn1c(=NC(=O)c2cc3ccccc3o2)sc2cc(F)ccc21. The van der Waals surface area contributed by atoms with Crippen molar-refractivity contribution in [2.75, 3.05) is 0 Å². The van der Waals surface area contributed by atoms with Crippen LogP contribution in [0.25, 0.3) is 21.2 Å². The van der Waals surface area contributed by atoms with Crippen molar-refractivity contribution in [1.29, 1.82) is 0 Å². The largest absolute Gasteiger partial charge is 0.451 e. The van der Waals surface area contributed by atoms with Gasteiger partial charge in [-0.15, -0.1) is 6.42 Å². The molecule has 6 heteroatoms. The normalized spacial score (nSPS) is 11.9. The molecule has 0 aliphatic heterocycles. The number of nitrogens with zero attached hydrogens (tertiary/aromatic N) is 2. The smallest absolute Gasteiger partial charge is 0.315 e. The van der Waals surface area contributed by atoms with E-state index < -0.39 is 5.91 Å². The Bertz CT molecular complexity index is 1190. The molecule has 2 aromatic heterocycles. The summed E-state index contributed by atoms with van der Waals surface area (Å²) in [6, 6.07) is 13.4. The molecule has 1 amide bonds.